The molecule has 1 heterocycles. The van der Waals surface area contributed by atoms with Crippen molar-refractivity contribution in [1.82, 2.24) is 10.3 Å². The summed E-state index contributed by atoms with van der Waals surface area (Å²) < 4.78 is 0. The number of aryl methyl sites for hydroxylation is 2. The summed E-state index contributed by atoms with van der Waals surface area (Å²) in [5, 5.41) is 12.6. The third kappa shape index (κ3) is 5.08. The quantitative estimate of drug-likeness (QED) is 0.806. The number of nitrogens with one attached hydrogen (secondary N) is 1. The molecule has 0 spiro atoms. The van der Waals surface area contributed by atoms with E-state index in [1.54, 1.807) is 18.3 Å². The fourth-order valence-electron chi connectivity index (χ4n) is 2.22. The summed E-state index contributed by atoms with van der Waals surface area (Å²) >= 11 is 1.50. The van der Waals surface area contributed by atoms with E-state index in [9.17, 15) is 4.79 Å². The zero-order valence-electron chi connectivity index (χ0n) is 14.4. The normalized spacial score (nSPS) is 12.0. The van der Waals surface area contributed by atoms with Crippen LogP contribution >= 0.6 is 11.8 Å². The van der Waals surface area contributed by atoms with Crippen LogP contribution in [0.2, 0.25) is 0 Å². The van der Waals surface area contributed by atoms with Crippen molar-refractivity contribution < 1.29 is 9.90 Å². The fourth-order valence-corrected chi connectivity index (χ4v) is 3.20. The van der Waals surface area contributed by atoms with Crippen molar-refractivity contribution in [2.45, 2.75) is 37.1 Å². The van der Waals surface area contributed by atoms with E-state index in [1.165, 1.54) is 22.9 Å². The molecule has 0 bridgehead atoms. The Morgan fingerprint density at radius 1 is 1.29 bits per heavy atom. The summed E-state index contributed by atoms with van der Waals surface area (Å²) in [4.78, 5) is 17.9. The zero-order valence-corrected chi connectivity index (χ0v) is 15.2. The molecule has 2 aromatic rings. The SMILES string of the molecule is Cc1ccc(Sc2ncccc2C(=O)NCC(C)CCO)cc1C. The number of benzene rings is 1. The number of pyridine rings is 1. The van der Waals surface area contributed by atoms with E-state index in [0.29, 0.717) is 23.6 Å². The van der Waals surface area contributed by atoms with Crippen LogP contribution in [-0.2, 0) is 0 Å². The maximum Gasteiger partial charge on any atom is 0.254 e. The number of nitrogens with zero attached hydrogens (tertiary/aromatic N) is 1. The van der Waals surface area contributed by atoms with Crippen LogP contribution in [0.25, 0.3) is 0 Å². The minimum absolute atomic E-state index is 0.126. The first kappa shape index (κ1) is 18.5. The summed E-state index contributed by atoms with van der Waals surface area (Å²) in [5.41, 5.74) is 3.05. The first-order valence-electron chi connectivity index (χ1n) is 8.10. The van der Waals surface area contributed by atoms with Crippen molar-refractivity contribution >= 4 is 17.7 Å². The number of aliphatic hydroxyl groups excluding tert-OH is 1. The molecule has 0 saturated carbocycles. The predicted octanol–water partition coefficient (Wildman–Crippen LogP) is 3.60. The molecule has 0 saturated heterocycles. The van der Waals surface area contributed by atoms with Crippen LogP contribution in [0, 0.1) is 19.8 Å². The summed E-state index contributed by atoms with van der Waals surface area (Å²) in [6.45, 7) is 6.84. The van der Waals surface area contributed by atoms with Crippen LogP contribution in [0.5, 0.6) is 0 Å². The number of aliphatic hydroxyl groups is 1. The highest BCUT2D eigenvalue weighted by Crippen LogP contribution is 2.29. The maximum atomic E-state index is 12.5. The van der Waals surface area contributed by atoms with Crippen LogP contribution in [-0.4, -0.2) is 29.1 Å². The molecule has 0 aliphatic rings. The standard InChI is InChI=1S/C19H24N2O2S/c1-13(8-10-22)12-21-18(23)17-5-4-9-20-19(17)24-16-7-6-14(2)15(3)11-16/h4-7,9,11,13,22H,8,10,12H2,1-3H3,(H,21,23). The molecule has 2 N–H and O–H groups in total. The lowest BCUT2D eigenvalue weighted by molar-refractivity contribution is 0.0942. The average Bonchev–Trinajstić information content (AvgIpc) is 2.57. The van der Waals surface area contributed by atoms with Gasteiger partial charge in [0.05, 0.1) is 5.56 Å². The fraction of sp³-hybridized carbons (Fsp3) is 0.368. The minimum Gasteiger partial charge on any atom is -0.396 e. The smallest absolute Gasteiger partial charge is 0.254 e. The Kier molecular flexibility index (Phi) is 6.82. The van der Waals surface area contributed by atoms with E-state index in [1.807, 2.05) is 13.0 Å². The summed E-state index contributed by atoms with van der Waals surface area (Å²) in [6.07, 6.45) is 2.38. The van der Waals surface area contributed by atoms with Gasteiger partial charge in [0.25, 0.3) is 5.91 Å². The van der Waals surface area contributed by atoms with Gasteiger partial charge < -0.3 is 10.4 Å². The van der Waals surface area contributed by atoms with E-state index < -0.39 is 0 Å². The molecule has 0 radical (unpaired) electrons. The first-order chi connectivity index (χ1) is 11.5. The Morgan fingerprint density at radius 3 is 2.79 bits per heavy atom. The van der Waals surface area contributed by atoms with Crippen LogP contribution < -0.4 is 5.32 Å². The van der Waals surface area contributed by atoms with Crippen molar-refractivity contribution in [3.8, 4) is 0 Å². The molecule has 0 aliphatic heterocycles. The molecule has 0 fully saturated rings. The van der Waals surface area contributed by atoms with Crippen LogP contribution in [0.4, 0.5) is 0 Å². The van der Waals surface area contributed by atoms with Gasteiger partial charge in [-0.15, -0.1) is 0 Å². The van der Waals surface area contributed by atoms with Crippen molar-refractivity contribution in [3.63, 3.8) is 0 Å². The lowest BCUT2D eigenvalue weighted by Crippen LogP contribution is -2.29. The number of hydrogen-bond donors (Lipinski definition) is 2. The van der Waals surface area contributed by atoms with Crippen molar-refractivity contribution in [2.75, 3.05) is 13.2 Å². The van der Waals surface area contributed by atoms with Gasteiger partial charge >= 0.3 is 0 Å². The number of carbonyl (C=O) groups excluding carboxylic acids is 1. The molecule has 24 heavy (non-hydrogen) atoms. The molecule has 1 unspecified atom stereocenters. The Hall–Kier alpha value is -1.85. The Bertz CT molecular complexity index is 704. The first-order valence-corrected chi connectivity index (χ1v) is 8.92. The number of hydrogen-bond acceptors (Lipinski definition) is 4. The molecule has 4 nitrogen and oxygen atoms in total. The second kappa shape index (κ2) is 8.85. The van der Waals surface area contributed by atoms with Crippen molar-refractivity contribution in [1.29, 1.82) is 0 Å². The van der Waals surface area contributed by atoms with E-state index in [-0.39, 0.29) is 18.4 Å². The highest BCUT2D eigenvalue weighted by atomic mass is 32.2. The molecule has 128 valence electrons. The van der Waals surface area contributed by atoms with E-state index >= 15 is 0 Å². The second-order valence-electron chi connectivity index (χ2n) is 6.03. The molecule has 1 amide bonds. The van der Waals surface area contributed by atoms with Gasteiger partial charge in [0.15, 0.2) is 0 Å². The topological polar surface area (TPSA) is 62.2 Å². The van der Waals surface area contributed by atoms with Gasteiger partial charge in [0.2, 0.25) is 0 Å². The largest absolute Gasteiger partial charge is 0.396 e. The monoisotopic (exact) mass is 344 g/mol. The van der Waals surface area contributed by atoms with Crippen LogP contribution in [0.1, 0.15) is 34.8 Å². The zero-order chi connectivity index (χ0) is 17.5. The summed E-state index contributed by atoms with van der Waals surface area (Å²) in [6, 6.07) is 9.81. The molecule has 1 aromatic heterocycles. The van der Waals surface area contributed by atoms with Crippen molar-refractivity contribution in [2.24, 2.45) is 5.92 Å². The third-order valence-corrected chi connectivity index (χ3v) is 4.95. The van der Waals surface area contributed by atoms with Gasteiger partial charge in [-0.3, -0.25) is 4.79 Å². The molecule has 5 heteroatoms. The highest BCUT2D eigenvalue weighted by Gasteiger charge is 2.14. The van der Waals surface area contributed by atoms with Gasteiger partial charge in [-0.25, -0.2) is 4.98 Å². The molecule has 1 aromatic carbocycles. The molecule has 1 atom stereocenters. The highest BCUT2D eigenvalue weighted by molar-refractivity contribution is 7.99. The third-order valence-electron chi connectivity index (χ3n) is 3.94. The number of carbonyl (C=O) groups is 1. The Morgan fingerprint density at radius 2 is 2.08 bits per heavy atom. The molecule has 2 rings (SSSR count). The lowest BCUT2D eigenvalue weighted by atomic mass is 10.1. The van der Waals surface area contributed by atoms with Gasteiger partial charge in [0.1, 0.15) is 5.03 Å². The molecule has 0 aliphatic carbocycles. The predicted molar refractivity (Wildman–Crippen MR) is 97.5 cm³/mol. The average molecular weight is 344 g/mol. The minimum atomic E-state index is -0.126. The van der Waals surface area contributed by atoms with Gasteiger partial charge in [-0.2, -0.15) is 0 Å². The van der Waals surface area contributed by atoms with Crippen LogP contribution in [0.15, 0.2) is 46.5 Å². The molecular weight excluding hydrogens is 320 g/mol. The van der Waals surface area contributed by atoms with E-state index in [4.69, 9.17) is 5.11 Å². The lowest BCUT2D eigenvalue weighted by Gasteiger charge is -2.13. The van der Waals surface area contributed by atoms with Crippen molar-refractivity contribution in [3.05, 3.63) is 53.2 Å². The van der Waals surface area contributed by atoms with Gasteiger partial charge in [-0.05, 0) is 61.6 Å². The van der Waals surface area contributed by atoms with Gasteiger partial charge in [0, 0.05) is 24.2 Å². The number of rotatable bonds is 7. The van der Waals surface area contributed by atoms with Gasteiger partial charge in [-0.1, -0.05) is 24.8 Å². The Balaban J connectivity index is 2.11. The van der Waals surface area contributed by atoms with E-state index in [2.05, 4.69) is 36.3 Å². The maximum absolute atomic E-state index is 12.5. The number of aromatic nitrogens is 1. The Labute approximate surface area is 147 Å². The summed E-state index contributed by atoms with van der Waals surface area (Å²) in [7, 11) is 0. The summed E-state index contributed by atoms with van der Waals surface area (Å²) in [5.74, 6) is 0.116. The molecular formula is C19H24N2O2S. The van der Waals surface area contributed by atoms with Crippen LogP contribution in [0.3, 0.4) is 0 Å². The second-order valence-corrected chi connectivity index (χ2v) is 7.09. The van der Waals surface area contributed by atoms with E-state index in [0.717, 1.165) is 4.90 Å². The number of amides is 1.